The van der Waals surface area contributed by atoms with Crippen LogP contribution >= 0.6 is 0 Å². The number of hydrogen-bond acceptors (Lipinski definition) is 6. The molecule has 0 aliphatic heterocycles. The second-order valence-corrected chi connectivity index (χ2v) is 6.80. The first-order valence-electron chi connectivity index (χ1n) is 9.19. The van der Waals surface area contributed by atoms with E-state index in [1.54, 1.807) is 12.1 Å². The Morgan fingerprint density at radius 2 is 1.68 bits per heavy atom. The fourth-order valence-corrected chi connectivity index (χ4v) is 2.58. The summed E-state index contributed by atoms with van der Waals surface area (Å²) in [4.78, 5) is 20.9. The third kappa shape index (κ3) is 5.07. The Labute approximate surface area is 165 Å². The van der Waals surface area contributed by atoms with Crippen LogP contribution in [0.3, 0.4) is 0 Å². The minimum Gasteiger partial charge on any atom is -0.465 e. The topological polar surface area (TPSA) is 76.1 Å². The zero-order chi connectivity index (χ0) is 19.9. The average Bonchev–Trinajstić information content (AvgIpc) is 2.72. The highest BCUT2D eigenvalue weighted by molar-refractivity contribution is 5.89. The number of ether oxygens (including phenoxy) is 1. The lowest BCUT2D eigenvalue weighted by molar-refractivity contribution is 0.0601. The summed E-state index contributed by atoms with van der Waals surface area (Å²) >= 11 is 0. The SMILES string of the molecule is COC(=O)c1ccc(Nc2cc(NCC(C)C)nc(-c3ccccc3)n2)cc1. The van der Waals surface area contributed by atoms with E-state index in [-0.39, 0.29) is 5.97 Å². The molecule has 0 aliphatic rings. The quantitative estimate of drug-likeness (QED) is 0.580. The van der Waals surface area contributed by atoms with Gasteiger partial charge in [-0.3, -0.25) is 0 Å². The molecule has 3 aromatic rings. The van der Waals surface area contributed by atoms with Gasteiger partial charge in [0.2, 0.25) is 0 Å². The maximum absolute atomic E-state index is 11.6. The molecule has 0 saturated carbocycles. The molecule has 0 fully saturated rings. The summed E-state index contributed by atoms with van der Waals surface area (Å²) in [6.07, 6.45) is 0. The molecule has 3 rings (SSSR count). The molecular formula is C22H24N4O2. The maximum Gasteiger partial charge on any atom is 0.337 e. The van der Waals surface area contributed by atoms with E-state index in [1.165, 1.54) is 7.11 Å². The second kappa shape index (κ2) is 8.99. The molecule has 6 nitrogen and oxygen atoms in total. The molecule has 1 aromatic heterocycles. The van der Waals surface area contributed by atoms with Crippen molar-refractivity contribution in [3.8, 4) is 11.4 Å². The highest BCUT2D eigenvalue weighted by Gasteiger charge is 2.09. The van der Waals surface area contributed by atoms with Gasteiger partial charge in [-0.2, -0.15) is 0 Å². The number of nitrogens with one attached hydrogen (secondary N) is 2. The number of anilines is 3. The molecule has 6 heteroatoms. The monoisotopic (exact) mass is 376 g/mol. The summed E-state index contributed by atoms with van der Waals surface area (Å²) in [7, 11) is 1.37. The molecule has 28 heavy (non-hydrogen) atoms. The van der Waals surface area contributed by atoms with Crippen LogP contribution in [0, 0.1) is 5.92 Å². The Hall–Kier alpha value is -3.41. The van der Waals surface area contributed by atoms with Crippen molar-refractivity contribution in [2.75, 3.05) is 24.3 Å². The summed E-state index contributed by atoms with van der Waals surface area (Å²) in [5, 5.41) is 6.64. The minimum absolute atomic E-state index is 0.361. The van der Waals surface area contributed by atoms with E-state index in [1.807, 2.05) is 48.5 Å². The van der Waals surface area contributed by atoms with E-state index in [4.69, 9.17) is 4.74 Å². The number of methoxy groups -OCH3 is 1. The van der Waals surface area contributed by atoms with Crippen LogP contribution in [-0.4, -0.2) is 29.6 Å². The Morgan fingerprint density at radius 3 is 2.32 bits per heavy atom. The first-order valence-corrected chi connectivity index (χ1v) is 9.19. The maximum atomic E-state index is 11.6. The normalized spacial score (nSPS) is 10.6. The lowest BCUT2D eigenvalue weighted by Gasteiger charge is -2.13. The van der Waals surface area contributed by atoms with Gasteiger partial charge in [0.25, 0.3) is 0 Å². The van der Waals surface area contributed by atoms with Gasteiger partial charge >= 0.3 is 5.97 Å². The highest BCUT2D eigenvalue weighted by atomic mass is 16.5. The van der Waals surface area contributed by atoms with Gasteiger partial charge in [0, 0.05) is 23.9 Å². The highest BCUT2D eigenvalue weighted by Crippen LogP contribution is 2.23. The fourth-order valence-electron chi connectivity index (χ4n) is 2.58. The van der Waals surface area contributed by atoms with Crippen LogP contribution in [0.15, 0.2) is 60.7 Å². The number of nitrogens with zero attached hydrogens (tertiary/aromatic N) is 2. The van der Waals surface area contributed by atoms with E-state index in [2.05, 4.69) is 34.4 Å². The Kier molecular flexibility index (Phi) is 6.22. The smallest absolute Gasteiger partial charge is 0.337 e. The van der Waals surface area contributed by atoms with Crippen LogP contribution in [-0.2, 0) is 4.74 Å². The van der Waals surface area contributed by atoms with E-state index in [9.17, 15) is 4.79 Å². The predicted molar refractivity (Wildman–Crippen MR) is 112 cm³/mol. The first-order chi connectivity index (χ1) is 13.5. The molecule has 0 saturated heterocycles. The number of esters is 1. The van der Waals surface area contributed by atoms with Crippen molar-refractivity contribution in [2.24, 2.45) is 5.92 Å². The largest absolute Gasteiger partial charge is 0.465 e. The molecule has 2 aromatic carbocycles. The number of aromatic nitrogens is 2. The number of rotatable bonds is 7. The number of carbonyl (C=O) groups excluding carboxylic acids is 1. The summed E-state index contributed by atoms with van der Waals surface area (Å²) < 4.78 is 4.73. The third-order valence-electron chi connectivity index (χ3n) is 4.03. The van der Waals surface area contributed by atoms with Crippen LogP contribution < -0.4 is 10.6 Å². The van der Waals surface area contributed by atoms with Crippen molar-refractivity contribution in [1.82, 2.24) is 9.97 Å². The lowest BCUT2D eigenvalue weighted by atomic mass is 10.2. The fraction of sp³-hybridized carbons (Fsp3) is 0.227. The van der Waals surface area contributed by atoms with Crippen LogP contribution in [0.1, 0.15) is 24.2 Å². The van der Waals surface area contributed by atoms with Gasteiger partial charge in [-0.05, 0) is 30.2 Å². The van der Waals surface area contributed by atoms with Gasteiger partial charge < -0.3 is 15.4 Å². The molecule has 0 aliphatic carbocycles. The van der Waals surface area contributed by atoms with Crippen LogP contribution in [0.5, 0.6) is 0 Å². The number of benzene rings is 2. The first kappa shape index (κ1) is 19.4. The zero-order valence-corrected chi connectivity index (χ0v) is 16.3. The van der Waals surface area contributed by atoms with Crippen molar-refractivity contribution in [3.05, 3.63) is 66.2 Å². The van der Waals surface area contributed by atoms with Crippen molar-refractivity contribution in [2.45, 2.75) is 13.8 Å². The van der Waals surface area contributed by atoms with Gasteiger partial charge in [0.15, 0.2) is 5.82 Å². The zero-order valence-electron chi connectivity index (χ0n) is 16.3. The van der Waals surface area contributed by atoms with Gasteiger partial charge in [0.1, 0.15) is 11.6 Å². The summed E-state index contributed by atoms with van der Waals surface area (Å²) in [5.74, 6) is 2.21. The lowest BCUT2D eigenvalue weighted by Crippen LogP contribution is -2.10. The summed E-state index contributed by atoms with van der Waals surface area (Å²) in [5.41, 5.74) is 2.26. The van der Waals surface area contributed by atoms with Crippen LogP contribution in [0.25, 0.3) is 11.4 Å². The van der Waals surface area contributed by atoms with Crippen molar-refractivity contribution in [3.63, 3.8) is 0 Å². The summed E-state index contributed by atoms with van der Waals surface area (Å²) in [6.45, 7) is 5.11. The molecule has 0 unspecified atom stereocenters. The van der Waals surface area contributed by atoms with Crippen LogP contribution in [0.2, 0.25) is 0 Å². The predicted octanol–water partition coefficient (Wildman–Crippen LogP) is 4.74. The van der Waals surface area contributed by atoms with Crippen molar-refractivity contribution < 1.29 is 9.53 Å². The molecule has 2 N–H and O–H groups in total. The number of hydrogen-bond donors (Lipinski definition) is 2. The standard InChI is InChI=1S/C22H24N4O2/c1-15(2)14-23-19-13-20(26-21(25-19)16-7-5-4-6-8-16)24-18-11-9-17(10-12-18)22(27)28-3/h4-13,15H,14H2,1-3H3,(H2,23,24,25,26). The Bertz CT molecular complexity index is 925. The van der Waals surface area contributed by atoms with Crippen molar-refractivity contribution in [1.29, 1.82) is 0 Å². The van der Waals surface area contributed by atoms with Gasteiger partial charge in [0.05, 0.1) is 12.7 Å². The molecule has 144 valence electrons. The third-order valence-corrected chi connectivity index (χ3v) is 4.03. The molecule has 0 atom stereocenters. The van der Waals surface area contributed by atoms with Crippen LogP contribution in [0.4, 0.5) is 17.3 Å². The van der Waals surface area contributed by atoms with Gasteiger partial charge in [-0.1, -0.05) is 44.2 Å². The van der Waals surface area contributed by atoms with Crippen molar-refractivity contribution >= 4 is 23.3 Å². The molecular weight excluding hydrogens is 352 g/mol. The van der Waals surface area contributed by atoms with Gasteiger partial charge in [-0.15, -0.1) is 0 Å². The minimum atomic E-state index is -0.361. The molecule has 0 spiro atoms. The molecule has 0 amide bonds. The molecule has 0 bridgehead atoms. The average molecular weight is 376 g/mol. The summed E-state index contributed by atoms with van der Waals surface area (Å²) in [6, 6.07) is 18.8. The molecule has 0 radical (unpaired) electrons. The van der Waals surface area contributed by atoms with E-state index < -0.39 is 0 Å². The van der Waals surface area contributed by atoms with E-state index >= 15 is 0 Å². The van der Waals surface area contributed by atoms with E-state index in [0.29, 0.717) is 23.1 Å². The molecule has 1 heterocycles. The second-order valence-electron chi connectivity index (χ2n) is 6.80. The number of carbonyl (C=O) groups is 1. The Balaban J connectivity index is 1.88. The Morgan fingerprint density at radius 1 is 1.00 bits per heavy atom. The van der Waals surface area contributed by atoms with E-state index in [0.717, 1.165) is 23.6 Å². The van der Waals surface area contributed by atoms with Gasteiger partial charge in [-0.25, -0.2) is 14.8 Å².